The van der Waals surface area contributed by atoms with Crippen molar-refractivity contribution in [3.63, 3.8) is 0 Å². The summed E-state index contributed by atoms with van der Waals surface area (Å²) in [5.74, 6) is 0.568. The second-order valence-corrected chi connectivity index (χ2v) is 5.92. The molecule has 0 N–H and O–H groups in total. The predicted molar refractivity (Wildman–Crippen MR) is 89.9 cm³/mol. The molecule has 116 valence electrons. The summed E-state index contributed by atoms with van der Waals surface area (Å²) in [5.41, 5.74) is 2.99. The van der Waals surface area contributed by atoms with Crippen LogP contribution in [0.1, 0.15) is 12.6 Å². The molecule has 0 aliphatic carbocycles. The van der Waals surface area contributed by atoms with Crippen molar-refractivity contribution in [2.24, 2.45) is 0 Å². The molecular formula is C15H12Cl2N6. The average Bonchev–Trinajstić information content (AvgIpc) is 3.12. The fraction of sp³-hybridized carbons (Fsp3) is 0.200. The minimum atomic E-state index is 0.222. The number of hydrogen-bond acceptors (Lipinski definition) is 4. The van der Waals surface area contributed by atoms with E-state index in [4.69, 9.17) is 23.2 Å². The molecule has 3 aromatic heterocycles. The highest BCUT2D eigenvalue weighted by atomic mass is 35.5. The van der Waals surface area contributed by atoms with Crippen molar-refractivity contribution < 1.29 is 0 Å². The van der Waals surface area contributed by atoms with Gasteiger partial charge in [0, 0.05) is 18.1 Å². The highest BCUT2D eigenvalue weighted by Gasteiger charge is 2.17. The Morgan fingerprint density at radius 2 is 1.96 bits per heavy atom. The molecule has 0 aliphatic rings. The van der Waals surface area contributed by atoms with Crippen LogP contribution in [0.4, 0.5) is 0 Å². The number of fused-ring (bicyclic) bond motifs is 3. The van der Waals surface area contributed by atoms with Crippen LogP contribution in [0.15, 0.2) is 24.4 Å². The first-order valence-corrected chi connectivity index (χ1v) is 7.89. The van der Waals surface area contributed by atoms with Gasteiger partial charge in [-0.05, 0) is 37.6 Å². The van der Waals surface area contributed by atoms with Gasteiger partial charge in [-0.2, -0.15) is 9.61 Å². The van der Waals surface area contributed by atoms with Gasteiger partial charge in [-0.25, -0.2) is 9.97 Å². The first kappa shape index (κ1) is 14.4. The third-order valence-corrected chi connectivity index (χ3v) is 4.27. The van der Waals surface area contributed by atoms with Crippen LogP contribution < -0.4 is 0 Å². The normalized spacial score (nSPS) is 11.7. The van der Waals surface area contributed by atoms with Gasteiger partial charge < -0.3 is 0 Å². The number of aromatic nitrogens is 6. The standard InChI is InChI=1S/C15H12Cl2N6/c1-3-22-7-10(8(2)20-22)13-19-14-9-5-4-6-11(16)12(9)18-15(17)23(14)21-13/h4-7H,3H2,1-2H3. The molecule has 6 nitrogen and oxygen atoms in total. The summed E-state index contributed by atoms with van der Waals surface area (Å²) in [4.78, 5) is 8.96. The molecule has 0 spiro atoms. The average molecular weight is 347 g/mol. The number of aryl methyl sites for hydroxylation is 2. The minimum absolute atomic E-state index is 0.222. The molecule has 0 saturated carbocycles. The molecule has 0 amide bonds. The molecule has 0 aliphatic heterocycles. The Balaban J connectivity index is 2.04. The zero-order valence-corrected chi connectivity index (χ0v) is 14.0. The number of para-hydroxylation sites is 1. The smallest absolute Gasteiger partial charge is 0.226 e. The summed E-state index contributed by atoms with van der Waals surface area (Å²) >= 11 is 12.5. The van der Waals surface area contributed by atoms with Crippen molar-refractivity contribution in [2.45, 2.75) is 20.4 Å². The first-order chi connectivity index (χ1) is 11.1. The van der Waals surface area contributed by atoms with Crippen LogP contribution in [0.25, 0.3) is 27.9 Å². The van der Waals surface area contributed by atoms with Gasteiger partial charge in [0.05, 0.1) is 21.8 Å². The van der Waals surface area contributed by atoms with E-state index in [1.54, 1.807) is 6.07 Å². The first-order valence-electron chi connectivity index (χ1n) is 7.13. The molecule has 0 saturated heterocycles. The largest absolute Gasteiger partial charge is 0.272 e. The Bertz CT molecular complexity index is 1050. The summed E-state index contributed by atoms with van der Waals surface area (Å²) in [6.45, 7) is 4.75. The van der Waals surface area contributed by atoms with Gasteiger partial charge in [0.25, 0.3) is 0 Å². The van der Waals surface area contributed by atoms with Crippen LogP contribution in [0, 0.1) is 6.92 Å². The lowest BCUT2D eigenvalue weighted by molar-refractivity contribution is 0.653. The van der Waals surface area contributed by atoms with Crippen molar-refractivity contribution in [1.29, 1.82) is 0 Å². The van der Waals surface area contributed by atoms with Crippen molar-refractivity contribution >= 4 is 39.8 Å². The molecule has 1 aromatic carbocycles. The molecule has 23 heavy (non-hydrogen) atoms. The second kappa shape index (κ2) is 5.18. The summed E-state index contributed by atoms with van der Waals surface area (Å²) in [6.07, 6.45) is 1.93. The third kappa shape index (κ3) is 2.17. The highest BCUT2D eigenvalue weighted by molar-refractivity contribution is 6.36. The van der Waals surface area contributed by atoms with E-state index in [0.29, 0.717) is 22.0 Å². The van der Waals surface area contributed by atoms with E-state index < -0.39 is 0 Å². The van der Waals surface area contributed by atoms with Gasteiger partial charge in [-0.15, -0.1) is 5.10 Å². The fourth-order valence-corrected chi connectivity index (χ4v) is 3.00. The van der Waals surface area contributed by atoms with Crippen LogP contribution in [0.3, 0.4) is 0 Å². The van der Waals surface area contributed by atoms with Gasteiger partial charge in [0.15, 0.2) is 11.5 Å². The molecule has 0 bridgehead atoms. The van der Waals surface area contributed by atoms with Crippen molar-refractivity contribution in [3.05, 3.63) is 40.4 Å². The van der Waals surface area contributed by atoms with Gasteiger partial charge in [0.2, 0.25) is 5.28 Å². The second-order valence-electron chi connectivity index (χ2n) is 5.17. The molecular weight excluding hydrogens is 335 g/mol. The van der Waals surface area contributed by atoms with E-state index in [0.717, 1.165) is 23.2 Å². The maximum Gasteiger partial charge on any atom is 0.226 e. The highest BCUT2D eigenvalue weighted by Crippen LogP contribution is 2.28. The van der Waals surface area contributed by atoms with E-state index >= 15 is 0 Å². The SMILES string of the molecule is CCn1cc(-c2nc3c4cccc(Cl)c4nc(Cl)n3n2)c(C)n1. The summed E-state index contributed by atoms with van der Waals surface area (Å²) in [5, 5.41) is 10.5. The summed E-state index contributed by atoms with van der Waals surface area (Å²) < 4.78 is 3.38. The number of benzene rings is 1. The number of nitrogens with zero attached hydrogens (tertiary/aromatic N) is 6. The monoisotopic (exact) mass is 346 g/mol. The Morgan fingerprint density at radius 3 is 2.70 bits per heavy atom. The topological polar surface area (TPSA) is 60.9 Å². The Labute approximate surface area is 141 Å². The number of rotatable bonds is 2. The quantitative estimate of drug-likeness (QED) is 0.518. The third-order valence-electron chi connectivity index (χ3n) is 3.72. The van der Waals surface area contributed by atoms with E-state index in [9.17, 15) is 0 Å². The van der Waals surface area contributed by atoms with E-state index in [1.165, 1.54) is 4.52 Å². The van der Waals surface area contributed by atoms with Crippen LogP contribution in [-0.4, -0.2) is 29.4 Å². The van der Waals surface area contributed by atoms with Crippen molar-refractivity contribution in [1.82, 2.24) is 29.4 Å². The zero-order chi connectivity index (χ0) is 16.1. The number of hydrogen-bond donors (Lipinski definition) is 0. The minimum Gasteiger partial charge on any atom is -0.272 e. The van der Waals surface area contributed by atoms with Crippen LogP contribution in [-0.2, 0) is 6.54 Å². The van der Waals surface area contributed by atoms with E-state index in [-0.39, 0.29) is 5.28 Å². The Kier molecular flexibility index (Phi) is 3.25. The summed E-state index contributed by atoms with van der Waals surface area (Å²) in [7, 11) is 0. The Hall–Kier alpha value is -2.18. The molecule has 0 atom stereocenters. The maximum atomic E-state index is 6.25. The maximum absolute atomic E-state index is 6.25. The molecule has 3 heterocycles. The molecule has 0 unspecified atom stereocenters. The van der Waals surface area contributed by atoms with Gasteiger partial charge in [0.1, 0.15) is 0 Å². The summed E-state index contributed by atoms with van der Waals surface area (Å²) in [6, 6.07) is 5.53. The molecule has 8 heteroatoms. The molecule has 4 aromatic rings. The molecule has 0 fully saturated rings. The van der Waals surface area contributed by atoms with E-state index in [2.05, 4.69) is 20.2 Å². The molecule has 4 rings (SSSR count). The van der Waals surface area contributed by atoms with E-state index in [1.807, 2.05) is 36.9 Å². The zero-order valence-electron chi connectivity index (χ0n) is 12.5. The fourth-order valence-electron chi connectivity index (χ4n) is 2.58. The van der Waals surface area contributed by atoms with Crippen LogP contribution >= 0.6 is 23.2 Å². The predicted octanol–water partition coefficient (Wildman–Crippen LogP) is 3.78. The van der Waals surface area contributed by atoms with Crippen LogP contribution in [0.5, 0.6) is 0 Å². The number of halogens is 2. The Morgan fingerprint density at radius 1 is 1.13 bits per heavy atom. The van der Waals surface area contributed by atoms with Gasteiger partial charge in [-0.1, -0.05) is 17.7 Å². The lowest BCUT2D eigenvalue weighted by Gasteiger charge is -2.02. The van der Waals surface area contributed by atoms with Gasteiger partial charge in [-0.3, -0.25) is 4.68 Å². The molecule has 0 radical (unpaired) electrons. The van der Waals surface area contributed by atoms with Crippen LogP contribution in [0.2, 0.25) is 10.3 Å². The lowest BCUT2D eigenvalue weighted by Crippen LogP contribution is -1.95. The van der Waals surface area contributed by atoms with Crippen molar-refractivity contribution in [2.75, 3.05) is 0 Å². The lowest BCUT2D eigenvalue weighted by atomic mass is 10.2. The van der Waals surface area contributed by atoms with Gasteiger partial charge >= 0.3 is 0 Å². The van der Waals surface area contributed by atoms with Crippen molar-refractivity contribution in [3.8, 4) is 11.4 Å².